The van der Waals surface area contributed by atoms with Crippen LogP contribution in [0.2, 0.25) is 5.02 Å². The summed E-state index contributed by atoms with van der Waals surface area (Å²) in [6.45, 7) is 0. The molecule has 0 saturated carbocycles. The maximum Gasteiger partial charge on any atom is 0.417 e. The number of hydrogen-bond donors (Lipinski definition) is 0. The second kappa shape index (κ2) is 7.57. The molecule has 0 aliphatic heterocycles. The van der Waals surface area contributed by atoms with E-state index in [1.54, 1.807) is 43.4 Å². The van der Waals surface area contributed by atoms with E-state index in [0.717, 1.165) is 6.07 Å². The Morgan fingerprint density at radius 1 is 1.28 bits per heavy atom. The summed E-state index contributed by atoms with van der Waals surface area (Å²) in [5.41, 5.74) is -0.610. The highest BCUT2D eigenvalue weighted by molar-refractivity contribution is 6.31. The van der Waals surface area contributed by atoms with Gasteiger partial charge in [0.25, 0.3) is 0 Å². The molecule has 0 saturated heterocycles. The molecule has 0 spiro atoms. The second-order valence-corrected chi connectivity index (χ2v) is 5.69. The number of halogens is 4. The third-order valence-corrected chi connectivity index (χ3v) is 3.26. The Morgan fingerprint density at radius 2 is 2.00 bits per heavy atom. The standard InChI is InChI=1S/C17H14ClF3N2O2/c1-23(2)7-6-15(24)11-4-3-5-13(8-11)25-16-14(18)9-12(10-22-16)17(19,20)21/h3-10H,1-2H3. The highest BCUT2D eigenvalue weighted by Crippen LogP contribution is 2.34. The highest BCUT2D eigenvalue weighted by Gasteiger charge is 2.31. The Bertz CT molecular complexity index is 805. The van der Waals surface area contributed by atoms with Gasteiger partial charge in [-0.25, -0.2) is 4.98 Å². The van der Waals surface area contributed by atoms with Gasteiger partial charge in [0.15, 0.2) is 5.78 Å². The largest absolute Gasteiger partial charge is 0.438 e. The van der Waals surface area contributed by atoms with Crippen LogP contribution in [0.4, 0.5) is 13.2 Å². The average molecular weight is 371 g/mol. The van der Waals surface area contributed by atoms with Gasteiger partial charge in [0, 0.05) is 38.1 Å². The Balaban J connectivity index is 2.21. The molecular formula is C17H14ClF3N2O2. The number of ether oxygens (including phenoxy) is 1. The molecule has 0 unspecified atom stereocenters. The lowest BCUT2D eigenvalue weighted by atomic mass is 10.1. The van der Waals surface area contributed by atoms with Crippen LogP contribution in [0.3, 0.4) is 0 Å². The van der Waals surface area contributed by atoms with Crippen LogP contribution in [0, 0.1) is 0 Å². The number of ketones is 1. The number of benzene rings is 1. The number of carbonyl (C=O) groups excluding carboxylic acids is 1. The molecule has 132 valence electrons. The predicted octanol–water partition coefficient (Wildman–Crippen LogP) is 4.80. The minimum atomic E-state index is -4.54. The topological polar surface area (TPSA) is 42.4 Å². The summed E-state index contributed by atoms with van der Waals surface area (Å²) in [6, 6.07) is 6.92. The van der Waals surface area contributed by atoms with Crippen LogP contribution in [-0.4, -0.2) is 29.8 Å². The van der Waals surface area contributed by atoms with E-state index in [2.05, 4.69) is 4.98 Å². The van der Waals surface area contributed by atoms with Crippen molar-refractivity contribution in [3.05, 3.63) is 65.0 Å². The first-order chi connectivity index (χ1) is 11.7. The van der Waals surface area contributed by atoms with Crippen molar-refractivity contribution in [3.8, 4) is 11.6 Å². The molecule has 0 bridgehead atoms. The van der Waals surface area contributed by atoms with E-state index < -0.39 is 11.7 Å². The Labute approximate surface area is 147 Å². The van der Waals surface area contributed by atoms with E-state index in [9.17, 15) is 18.0 Å². The van der Waals surface area contributed by atoms with Crippen LogP contribution >= 0.6 is 11.6 Å². The molecule has 2 rings (SSSR count). The number of nitrogens with zero attached hydrogens (tertiary/aromatic N) is 2. The summed E-state index contributed by atoms with van der Waals surface area (Å²) >= 11 is 5.80. The van der Waals surface area contributed by atoms with Gasteiger partial charge < -0.3 is 9.64 Å². The van der Waals surface area contributed by atoms with Crippen LogP contribution < -0.4 is 4.74 Å². The number of alkyl halides is 3. The van der Waals surface area contributed by atoms with Crippen LogP contribution in [0.25, 0.3) is 0 Å². The van der Waals surface area contributed by atoms with Gasteiger partial charge in [-0.15, -0.1) is 0 Å². The van der Waals surface area contributed by atoms with Crippen LogP contribution in [0.15, 0.2) is 48.8 Å². The van der Waals surface area contributed by atoms with Crippen molar-refractivity contribution >= 4 is 17.4 Å². The monoisotopic (exact) mass is 370 g/mol. The molecule has 1 heterocycles. The van der Waals surface area contributed by atoms with Crippen molar-refractivity contribution in [2.45, 2.75) is 6.18 Å². The molecule has 8 heteroatoms. The van der Waals surface area contributed by atoms with Gasteiger partial charge in [0.1, 0.15) is 10.8 Å². The summed E-state index contributed by atoms with van der Waals surface area (Å²) in [5, 5.41) is -0.279. The SMILES string of the molecule is CN(C)C=CC(=O)c1cccc(Oc2ncc(C(F)(F)F)cc2Cl)c1. The quantitative estimate of drug-likeness (QED) is 0.560. The highest BCUT2D eigenvalue weighted by atomic mass is 35.5. The summed E-state index contributed by atoms with van der Waals surface area (Å²) < 4.78 is 43.2. The zero-order chi connectivity index (χ0) is 18.6. The molecule has 1 aromatic carbocycles. The molecular weight excluding hydrogens is 357 g/mol. The number of carbonyl (C=O) groups is 1. The molecule has 0 aliphatic carbocycles. The number of pyridine rings is 1. The molecule has 4 nitrogen and oxygen atoms in total. The van der Waals surface area contributed by atoms with Crippen molar-refractivity contribution in [2.24, 2.45) is 0 Å². The zero-order valence-corrected chi connectivity index (χ0v) is 14.1. The van der Waals surface area contributed by atoms with Crippen LogP contribution in [0.5, 0.6) is 11.6 Å². The van der Waals surface area contributed by atoms with Gasteiger partial charge in [0.05, 0.1) is 5.56 Å². The van der Waals surface area contributed by atoms with Gasteiger partial charge >= 0.3 is 6.18 Å². The van der Waals surface area contributed by atoms with Gasteiger partial charge in [-0.1, -0.05) is 23.7 Å². The van der Waals surface area contributed by atoms with Crippen LogP contribution in [0.1, 0.15) is 15.9 Å². The molecule has 2 aromatic rings. The van der Waals surface area contributed by atoms with Crippen molar-refractivity contribution in [3.63, 3.8) is 0 Å². The number of rotatable bonds is 5. The summed E-state index contributed by atoms with van der Waals surface area (Å²) in [6.07, 6.45) is -0.914. The number of allylic oxidation sites excluding steroid dienone is 1. The lowest BCUT2D eigenvalue weighted by Gasteiger charge is -2.10. The fourth-order valence-corrected chi connectivity index (χ4v) is 2.00. The lowest BCUT2D eigenvalue weighted by molar-refractivity contribution is -0.137. The van der Waals surface area contributed by atoms with E-state index in [-0.39, 0.29) is 22.4 Å². The zero-order valence-electron chi connectivity index (χ0n) is 13.3. The molecule has 0 amide bonds. The first-order valence-electron chi connectivity index (χ1n) is 7.06. The smallest absolute Gasteiger partial charge is 0.417 e. The van der Waals surface area contributed by atoms with E-state index in [1.807, 2.05) is 0 Å². The van der Waals surface area contributed by atoms with E-state index in [4.69, 9.17) is 16.3 Å². The third kappa shape index (κ3) is 5.22. The normalized spacial score (nSPS) is 11.6. The van der Waals surface area contributed by atoms with Gasteiger partial charge in [-0.2, -0.15) is 13.2 Å². The minimum Gasteiger partial charge on any atom is -0.438 e. The Kier molecular flexibility index (Phi) is 5.69. The maximum absolute atomic E-state index is 12.6. The Morgan fingerprint density at radius 3 is 2.60 bits per heavy atom. The van der Waals surface area contributed by atoms with E-state index in [1.165, 1.54) is 12.1 Å². The molecule has 25 heavy (non-hydrogen) atoms. The number of aromatic nitrogens is 1. The van der Waals surface area contributed by atoms with Gasteiger partial charge in [0.2, 0.25) is 5.88 Å². The van der Waals surface area contributed by atoms with Crippen LogP contribution in [-0.2, 0) is 6.18 Å². The molecule has 0 aliphatic rings. The van der Waals surface area contributed by atoms with E-state index >= 15 is 0 Å². The fourth-order valence-electron chi connectivity index (χ4n) is 1.79. The van der Waals surface area contributed by atoms with E-state index in [0.29, 0.717) is 11.8 Å². The third-order valence-electron chi connectivity index (χ3n) is 2.99. The second-order valence-electron chi connectivity index (χ2n) is 5.28. The Hall–Kier alpha value is -2.54. The average Bonchev–Trinajstić information content (AvgIpc) is 2.53. The summed E-state index contributed by atoms with van der Waals surface area (Å²) in [4.78, 5) is 17.3. The molecule has 1 aromatic heterocycles. The number of hydrogen-bond acceptors (Lipinski definition) is 4. The first kappa shape index (κ1) is 18.8. The fraction of sp³-hybridized carbons (Fsp3) is 0.176. The predicted molar refractivity (Wildman–Crippen MR) is 87.9 cm³/mol. The van der Waals surface area contributed by atoms with Gasteiger partial charge in [-0.05, 0) is 18.2 Å². The van der Waals surface area contributed by atoms with Crippen molar-refractivity contribution < 1.29 is 22.7 Å². The van der Waals surface area contributed by atoms with Crippen molar-refractivity contribution in [1.82, 2.24) is 9.88 Å². The summed E-state index contributed by atoms with van der Waals surface area (Å²) in [7, 11) is 3.56. The molecule has 0 atom stereocenters. The molecule has 0 fully saturated rings. The van der Waals surface area contributed by atoms with Crippen molar-refractivity contribution in [1.29, 1.82) is 0 Å². The molecule has 0 radical (unpaired) electrons. The van der Waals surface area contributed by atoms with Gasteiger partial charge in [-0.3, -0.25) is 4.79 Å². The minimum absolute atomic E-state index is 0.178. The molecule has 0 N–H and O–H groups in total. The first-order valence-corrected chi connectivity index (χ1v) is 7.44. The maximum atomic E-state index is 12.6. The lowest BCUT2D eigenvalue weighted by Crippen LogP contribution is -2.06. The summed E-state index contributed by atoms with van der Waals surface area (Å²) in [5.74, 6) is -0.188. The van der Waals surface area contributed by atoms with Crippen molar-refractivity contribution in [2.75, 3.05) is 14.1 Å².